The van der Waals surface area contributed by atoms with Crippen molar-refractivity contribution in [2.45, 2.75) is 18.9 Å². The molecule has 0 unspecified atom stereocenters. The second kappa shape index (κ2) is 7.73. The average molecular weight is 485 g/mol. The summed E-state index contributed by atoms with van der Waals surface area (Å²) >= 11 is 3.35. The number of para-hydroxylation sites is 1. The SMILES string of the molecule is Nc1nn(C2CCN(c3ncc(Br)cn3)CC2)c2cc(-c3cccc(F)c3O)nnc12. The molecule has 9 nitrogen and oxygen atoms in total. The molecule has 0 amide bonds. The van der Waals surface area contributed by atoms with Crippen LogP contribution in [0.25, 0.3) is 22.3 Å². The predicted octanol–water partition coefficient (Wildman–Crippen LogP) is 3.31. The molecule has 4 heterocycles. The summed E-state index contributed by atoms with van der Waals surface area (Å²) < 4.78 is 16.5. The minimum Gasteiger partial charge on any atom is -0.504 e. The van der Waals surface area contributed by atoms with E-state index in [1.54, 1.807) is 24.5 Å². The van der Waals surface area contributed by atoms with Crippen LogP contribution >= 0.6 is 15.9 Å². The standard InChI is InChI=1S/C20H18BrFN8O/c21-11-9-24-20(25-10-11)29-6-4-12(5-7-29)30-16-8-15(26-27-17(16)19(23)28-30)13-2-1-3-14(22)18(13)31/h1-3,8-10,12,31H,4-7H2,(H2,23,28). The zero-order valence-electron chi connectivity index (χ0n) is 16.3. The third kappa shape index (κ3) is 3.54. The number of aromatic hydroxyl groups is 1. The summed E-state index contributed by atoms with van der Waals surface area (Å²) in [5.74, 6) is -0.189. The van der Waals surface area contributed by atoms with Crippen LogP contribution in [0.3, 0.4) is 0 Å². The van der Waals surface area contributed by atoms with Crippen molar-refractivity contribution in [3.63, 3.8) is 0 Å². The van der Waals surface area contributed by atoms with E-state index in [4.69, 9.17) is 5.73 Å². The van der Waals surface area contributed by atoms with Crippen molar-refractivity contribution < 1.29 is 9.50 Å². The summed E-state index contributed by atoms with van der Waals surface area (Å²) in [5.41, 5.74) is 7.88. The fourth-order valence-electron chi connectivity index (χ4n) is 3.87. The van der Waals surface area contributed by atoms with Gasteiger partial charge >= 0.3 is 0 Å². The highest BCUT2D eigenvalue weighted by molar-refractivity contribution is 9.10. The second-order valence-corrected chi connectivity index (χ2v) is 8.26. The molecule has 1 aliphatic rings. The molecule has 0 spiro atoms. The van der Waals surface area contributed by atoms with Gasteiger partial charge in [0.25, 0.3) is 0 Å². The second-order valence-electron chi connectivity index (χ2n) is 7.35. The summed E-state index contributed by atoms with van der Waals surface area (Å²) in [7, 11) is 0. The normalized spacial score (nSPS) is 15.0. The molecule has 1 aromatic carbocycles. The number of anilines is 2. The summed E-state index contributed by atoms with van der Waals surface area (Å²) in [6, 6.07) is 6.14. The minimum absolute atomic E-state index is 0.102. The van der Waals surface area contributed by atoms with Gasteiger partial charge in [0.05, 0.1) is 21.7 Å². The lowest BCUT2D eigenvalue weighted by molar-refractivity contribution is 0.374. The first-order valence-corrected chi connectivity index (χ1v) is 10.5. The van der Waals surface area contributed by atoms with E-state index in [-0.39, 0.29) is 17.4 Å². The number of fused-ring (bicyclic) bond motifs is 1. The van der Waals surface area contributed by atoms with Crippen LogP contribution in [0, 0.1) is 5.82 Å². The number of rotatable bonds is 3. The Morgan fingerprint density at radius 2 is 1.87 bits per heavy atom. The Morgan fingerprint density at radius 1 is 1.13 bits per heavy atom. The molecule has 0 atom stereocenters. The number of nitrogens with two attached hydrogens (primary N) is 1. The maximum atomic E-state index is 13.8. The van der Waals surface area contributed by atoms with Crippen LogP contribution < -0.4 is 10.6 Å². The van der Waals surface area contributed by atoms with Gasteiger partial charge in [-0.05, 0) is 47.0 Å². The van der Waals surface area contributed by atoms with E-state index in [1.165, 1.54) is 12.1 Å². The molecule has 0 aliphatic carbocycles. The molecule has 0 saturated carbocycles. The Morgan fingerprint density at radius 3 is 2.61 bits per heavy atom. The maximum Gasteiger partial charge on any atom is 0.225 e. The Kier molecular flexibility index (Phi) is 4.89. The van der Waals surface area contributed by atoms with Crippen LogP contribution in [0.1, 0.15) is 18.9 Å². The fraction of sp³-hybridized carbons (Fsp3) is 0.250. The van der Waals surface area contributed by atoms with Crippen molar-refractivity contribution in [2.24, 2.45) is 0 Å². The first-order valence-electron chi connectivity index (χ1n) is 9.73. The van der Waals surface area contributed by atoms with Crippen LogP contribution in [0.5, 0.6) is 5.75 Å². The highest BCUT2D eigenvalue weighted by atomic mass is 79.9. The molecule has 1 saturated heterocycles. The van der Waals surface area contributed by atoms with Gasteiger partial charge in [-0.15, -0.1) is 10.2 Å². The van der Waals surface area contributed by atoms with Crippen molar-refractivity contribution in [2.75, 3.05) is 23.7 Å². The lowest BCUT2D eigenvalue weighted by Gasteiger charge is -2.32. The van der Waals surface area contributed by atoms with Crippen molar-refractivity contribution in [1.29, 1.82) is 0 Å². The maximum absolute atomic E-state index is 13.8. The Balaban J connectivity index is 1.45. The van der Waals surface area contributed by atoms with Crippen molar-refractivity contribution in [1.82, 2.24) is 29.9 Å². The number of hydrogen-bond donors (Lipinski definition) is 2. The van der Waals surface area contributed by atoms with Crippen LogP contribution in [-0.2, 0) is 0 Å². The molecule has 1 fully saturated rings. The average Bonchev–Trinajstić information content (AvgIpc) is 3.12. The molecule has 0 radical (unpaired) electrons. The molecule has 158 valence electrons. The number of halogens is 2. The Labute approximate surface area is 184 Å². The smallest absolute Gasteiger partial charge is 0.225 e. The van der Waals surface area contributed by atoms with E-state index >= 15 is 0 Å². The van der Waals surface area contributed by atoms with Crippen molar-refractivity contribution >= 4 is 38.7 Å². The Bertz CT molecular complexity index is 1250. The molecule has 0 bridgehead atoms. The summed E-state index contributed by atoms with van der Waals surface area (Å²) in [4.78, 5) is 10.9. The third-order valence-electron chi connectivity index (χ3n) is 5.44. The number of nitrogens with zero attached hydrogens (tertiary/aromatic N) is 7. The predicted molar refractivity (Wildman–Crippen MR) is 117 cm³/mol. The molecule has 5 rings (SSSR count). The number of nitrogen functional groups attached to an aromatic ring is 1. The summed E-state index contributed by atoms with van der Waals surface area (Å²) in [5, 5.41) is 22.9. The van der Waals surface area contributed by atoms with Crippen LogP contribution in [0.2, 0.25) is 0 Å². The molecule has 4 aromatic rings. The molecule has 1 aliphatic heterocycles. The highest BCUT2D eigenvalue weighted by Crippen LogP contribution is 2.34. The van der Waals surface area contributed by atoms with Gasteiger partial charge in [0.1, 0.15) is 0 Å². The minimum atomic E-state index is -0.713. The van der Waals surface area contributed by atoms with Crippen molar-refractivity contribution in [3.8, 4) is 17.0 Å². The number of aromatic nitrogens is 6. The zero-order valence-corrected chi connectivity index (χ0v) is 17.9. The van der Waals surface area contributed by atoms with E-state index in [0.29, 0.717) is 22.7 Å². The zero-order chi connectivity index (χ0) is 21.5. The lowest BCUT2D eigenvalue weighted by atomic mass is 10.1. The van der Waals surface area contributed by atoms with Gasteiger partial charge in [-0.2, -0.15) is 5.10 Å². The highest BCUT2D eigenvalue weighted by Gasteiger charge is 2.26. The van der Waals surface area contributed by atoms with Gasteiger partial charge in [0.2, 0.25) is 5.95 Å². The third-order valence-corrected chi connectivity index (χ3v) is 5.85. The van der Waals surface area contributed by atoms with Gasteiger partial charge in [-0.1, -0.05) is 6.07 Å². The van der Waals surface area contributed by atoms with Gasteiger partial charge in [-0.25, -0.2) is 14.4 Å². The van der Waals surface area contributed by atoms with Gasteiger partial charge in [-0.3, -0.25) is 4.68 Å². The molecule has 31 heavy (non-hydrogen) atoms. The molecule has 3 N–H and O–H groups in total. The van der Waals surface area contributed by atoms with Crippen LogP contribution in [-0.4, -0.2) is 48.1 Å². The van der Waals surface area contributed by atoms with Gasteiger partial charge in [0, 0.05) is 31.0 Å². The fourth-order valence-corrected chi connectivity index (χ4v) is 4.07. The van der Waals surface area contributed by atoms with E-state index in [2.05, 4.69) is 46.1 Å². The lowest BCUT2D eigenvalue weighted by Crippen LogP contribution is -2.36. The first-order chi connectivity index (χ1) is 15.0. The molecular formula is C20H18BrFN8O. The largest absolute Gasteiger partial charge is 0.504 e. The van der Waals surface area contributed by atoms with Crippen LogP contribution in [0.15, 0.2) is 41.1 Å². The molecule has 11 heteroatoms. The number of piperidine rings is 1. The van der Waals surface area contributed by atoms with E-state index in [1.807, 2.05) is 4.68 Å². The Hall–Kier alpha value is -3.34. The number of phenolic OH excluding ortho intramolecular Hbond substituents is 1. The molecular weight excluding hydrogens is 467 g/mol. The topological polar surface area (TPSA) is 119 Å². The number of benzene rings is 1. The van der Waals surface area contributed by atoms with Crippen molar-refractivity contribution in [3.05, 3.63) is 46.9 Å². The monoisotopic (exact) mass is 484 g/mol. The van der Waals surface area contributed by atoms with Gasteiger partial charge in [0.15, 0.2) is 22.9 Å². The van der Waals surface area contributed by atoms with Gasteiger partial charge < -0.3 is 15.7 Å². The van der Waals surface area contributed by atoms with Crippen LogP contribution in [0.4, 0.5) is 16.2 Å². The summed E-state index contributed by atoms with van der Waals surface area (Å²) in [6.07, 6.45) is 5.10. The molecule has 3 aromatic heterocycles. The summed E-state index contributed by atoms with van der Waals surface area (Å²) in [6.45, 7) is 1.53. The van der Waals surface area contributed by atoms with E-state index < -0.39 is 11.6 Å². The number of hydrogen-bond acceptors (Lipinski definition) is 8. The number of phenols is 1. The first kappa shape index (κ1) is 19.6. The quantitative estimate of drug-likeness (QED) is 0.454. The van der Waals surface area contributed by atoms with E-state index in [9.17, 15) is 9.50 Å². The van der Waals surface area contributed by atoms with E-state index in [0.717, 1.165) is 30.4 Å².